The number of hydrogen-bond donors (Lipinski definition) is 6. The Balaban J connectivity index is 1.33. The van der Waals surface area contributed by atoms with Crippen molar-refractivity contribution in [2.45, 2.75) is 141 Å². The van der Waals surface area contributed by atoms with Gasteiger partial charge in [-0.25, -0.2) is 9.59 Å². The Morgan fingerprint density at radius 2 is 1.70 bits per heavy atom. The smallest absolute Gasteiger partial charge is 0.412 e. The van der Waals surface area contributed by atoms with Gasteiger partial charge in [-0.05, 0) is 81.3 Å². The number of primary amides is 1. The number of allylic oxidation sites excluding steroid dienone is 3. The van der Waals surface area contributed by atoms with Crippen LogP contribution in [0.1, 0.15) is 97.6 Å². The van der Waals surface area contributed by atoms with E-state index in [1.807, 2.05) is 26.8 Å². The van der Waals surface area contributed by atoms with Gasteiger partial charge in [0.05, 0.1) is 82.0 Å². The first-order valence-electron chi connectivity index (χ1n) is 27.8. The number of carbonyl (C=O) groups is 7. The zero-order valence-corrected chi connectivity index (χ0v) is 50.8. The normalized spacial score (nSPS) is 24.4. The summed E-state index contributed by atoms with van der Waals surface area (Å²) in [6.45, 7) is 12.6. The molecule has 5 amide bonds. The van der Waals surface area contributed by atoms with Crippen molar-refractivity contribution < 1.29 is 76.6 Å². The van der Waals surface area contributed by atoms with Crippen molar-refractivity contribution in [3.05, 3.63) is 70.3 Å². The van der Waals surface area contributed by atoms with Gasteiger partial charge in [-0.15, -0.1) is 0 Å². The molecule has 2 aromatic rings. The highest BCUT2D eigenvalue weighted by Crippen LogP contribution is 2.50. The molecule has 2 aromatic carbocycles. The van der Waals surface area contributed by atoms with Crippen LogP contribution in [0.2, 0.25) is 5.02 Å². The lowest BCUT2D eigenvalue weighted by Crippen LogP contribution is -2.53. The fourth-order valence-corrected chi connectivity index (χ4v) is 10.8. The van der Waals surface area contributed by atoms with E-state index in [9.17, 15) is 38.7 Å². The quantitative estimate of drug-likeness (QED) is 0.0262. The average Bonchev–Trinajstić information content (AvgIpc) is 1.85. The lowest BCUT2D eigenvalue weighted by molar-refractivity contribution is -0.187. The Hall–Kier alpha value is -6.21. The predicted molar refractivity (Wildman–Crippen MR) is 315 cm³/mol. The molecule has 0 aromatic heterocycles. The van der Waals surface area contributed by atoms with Crippen LogP contribution in [0.15, 0.2) is 54.1 Å². The number of Topliss-reactive ketones (excluding diaryl/α,β-unsaturated/α-hetero) is 2. The van der Waals surface area contributed by atoms with E-state index in [4.69, 9.17) is 67.4 Å². The van der Waals surface area contributed by atoms with E-state index in [-0.39, 0.29) is 78.5 Å². The maximum atomic E-state index is 14.5. The number of rotatable bonds is 26. The van der Waals surface area contributed by atoms with Gasteiger partial charge in [0.15, 0.2) is 5.78 Å². The molecule has 3 aliphatic rings. The van der Waals surface area contributed by atoms with Crippen LogP contribution in [0.5, 0.6) is 11.5 Å². The average molecular weight is 1200 g/mol. The van der Waals surface area contributed by atoms with Crippen molar-refractivity contribution in [3.63, 3.8) is 0 Å². The van der Waals surface area contributed by atoms with Crippen LogP contribution >= 0.6 is 23.8 Å². The van der Waals surface area contributed by atoms with Crippen LogP contribution < -0.4 is 41.4 Å². The third kappa shape index (κ3) is 19.7. The summed E-state index contributed by atoms with van der Waals surface area (Å²) in [6, 6.07) is 6.54. The van der Waals surface area contributed by atoms with E-state index < -0.39 is 83.9 Å². The Bertz CT molecular complexity index is 2710. The number of nitrogens with one attached hydrogen (secondary N) is 4. The van der Waals surface area contributed by atoms with Crippen molar-refractivity contribution in [2.24, 2.45) is 23.5 Å². The number of ketones is 2. The molecule has 0 radical (unpaired) electrons. The fraction of sp³-hybridized carbons (Fsp3) is 0.593. The Morgan fingerprint density at radius 3 is 2.36 bits per heavy atom. The molecule has 22 nitrogen and oxygen atoms in total. The minimum atomic E-state index is -1.65. The van der Waals surface area contributed by atoms with Crippen molar-refractivity contribution in [1.82, 2.24) is 16.0 Å². The number of thiocarbonyl (C=S) groups is 1. The van der Waals surface area contributed by atoms with E-state index in [2.05, 4.69) is 21.3 Å². The second kappa shape index (κ2) is 31.6. The van der Waals surface area contributed by atoms with E-state index in [1.54, 1.807) is 57.3 Å². The summed E-state index contributed by atoms with van der Waals surface area (Å²) in [5.41, 5.74) is 4.98. The van der Waals surface area contributed by atoms with Crippen LogP contribution in [-0.2, 0) is 65.2 Å². The maximum absolute atomic E-state index is 14.5. The van der Waals surface area contributed by atoms with Crippen molar-refractivity contribution in [3.8, 4) is 11.5 Å². The number of nitrogens with two attached hydrogens (primary N) is 1. The first-order chi connectivity index (χ1) is 39.3. The maximum Gasteiger partial charge on any atom is 0.412 e. The number of carbonyl (C=O) groups excluding carboxylic acids is 7. The highest BCUT2D eigenvalue weighted by Gasteiger charge is 2.64. The van der Waals surface area contributed by atoms with Crippen molar-refractivity contribution >= 4 is 81.7 Å². The van der Waals surface area contributed by atoms with Gasteiger partial charge in [-0.3, -0.25) is 29.3 Å². The number of nitrogens with zero attached hydrogens (tertiary/aromatic N) is 1. The van der Waals surface area contributed by atoms with E-state index in [0.29, 0.717) is 74.2 Å². The highest BCUT2D eigenvalue weighted by molar-refractivity contribution is 7.80. The minimum absolute atomic E-state index is 0.00192. The summed E-state index contributed by atoms with van der Waals surface area (Å²) in [5, 5.41) is 23.5. The number of methoxy groups -OCH3 is 3. The number of benzene rings is 2. The van der Waals surface area contributed by atoms with Crippen LogP contribution in [0, 0.1) is 17.8 Å². The molecule has 4 bridgehead atoms. The molecule has 9 atom stereocenters. The van der Waals surface area contributed by atoms with E-state index in [1.165, 1.54) is 39.2 Å². The van der Waals surface area contributed by atoms with Gasteiger partial charge in [-0.2, -0.15) is 0 Å². The van der Waals surface area contributed by atoms with Crippen LogP contribution in [0.4, 0.5) is 21.0 Å². The number of urea groups is 1. The van der Waals surface area contributed by atoms with E-state index >= 15 is 0 Å². The first-order valence-corrected chi connectivity index (χ1v) is 28.6. The van der Waals surface area contributed by atoms with Crippen LogP contribution in [0.3, 0.4) is 0 Å². The molecule has 7 N–H and O–H groups in total. The molecule has 0 spiro atoms. The molecule has 3 aliphatic heterocycles. The third-order valence-corrected chi connectivity index (χ3v) is 15.8. The van der Waals surface area contributed by atoms with E-state index in [0.717, 1.165) is 11.1 Å². The third-order valence-electron chi connectivity index (χ3n) is 15.1. The van der Waals surface area contributed by atoms with Gasteiger partial charge in [0, 0.05) is 64.8 Å². The van der Waals surface area contributed by atoms with Gasteiger partial charge in [0.1, 0.15) is 51.8 Å². The standard InChI is InChI=1S/C59H83ClN6O16S/c1-34(2)40(30-50(83)62-20-22-79-24-23-78-21-18-36(4)67)55(71)64-41(14-12-19-63-56(61)72)44(68)27-38-16-17-42(45(28-38)75-8)65-57(73)81-49-31-51(69)66(7)43-26-39(29-46(76-9)53(43)60)25-35(3)13-11-15-48(77-10)59(74)32-47(80-52(70)33-59)37(5)54-58(49,6)82-54/h11,13,15-17,26,28-29,34,37,40-41,47-49,54,74H,12,14,18-25,27,30-33H2,1-10H3,(H,62,83)(H,64,71)(H,65,73)(H3,61,63,72)/b15-11+,35-13+/t37-,40+,41+,47+,48-,49+,54+,58+,59-/m1/s1. The molecule has 24 heteroatoms. The number of amides is 5. The summed E-state index contributed by atoms with van der Waals surface area (Å²) in [7, 11) is 5.85. The number of epoxide rings is 1. The molecule has 458 valence electrons. The first kappa shape index (κ1) is 67.6. The number of hydrogen-bond acceptors (Lipinski definition) is 17. The number of anilines is 2. The zero-order valence-electron chi connectivity index (χ0n) is 49.2. The number of ether oxygens (including phenoxy) is 8. The molecule has 2 saturated heterocycles. The largest absolute Gasteiger partial charge is 0.495 e. The van der Waals surface area contributed by atoms with Gasteiger partial charge >= 0.3 is 18.1 Å². The molecule has 0 aliphatic carbocycles. The summed E-state index contributed by atoms with van der Waals surface area (Å²) >= 11 is 12.5. The highest BCUT2D eigenvalue weighted by atomic mass is 35.5. The molecule has 5 rings (SSSR count). The SMILES string of the molecule is COc1cc(CC(=O)[C@H](CCCNC(N)=O)NC(=O)[C@@H](CC(=S)NCCOCCOCCC(C)=O)C(C)C)ccc1NC(=O)O[C@H]1CC(=O)N(C)c2cc(cc(OC)c2Cl)C/C(C)=C/C=C/[C@@H](OC)[C@]2(O)CC(=O)O[C@@H](C2)[C@@H](C)[C@@H]2O[C@@]12C. The lowest BCUT2D eigenvalue weighted by atomic mass is 9.78. The predicted octanol–water partition coefficient (Wildman–Crippen LogP) is 6.27. The lowest BCUT2D eigenvalue weighted by Gasteiger charge is -2.41. The topological polar surface area (TPSA) is 294 Å². The Kier molecular flexibility index (Phi) is 25.7. The summed E-state index contributed by atoms with van der Waals surface area (Å²) in [6.07, 6.45) is 1.16. The number of fused-ring (bicyclic) bond motifs is 5. The monoisotopic (exact) mass is 1200 g/mol. The van der Waals surface area contributed by atoms with Crippen LogP contribution in [-0.4, -0.2) is 161 Å². The van der Waals surface area contributed by atoms with Crippen molar-refractivity contribution in [1.29, 1.82) is 0 Å². The Labute approximate surface area is 496 Å². The zero-order chi connectivity index (χ0) is 61.2. The van der Waals surface area contributed by atoms with Gasteiger partial charge in [-0.1, -0.05) is 74.5 Å². The molecule has 0 saturated carbocycles. The molecule has 83 heavy (non-hydrogen) atoms. The number of halogens is 1. The fourth-order valence-electron chi connectivity index (χ4n) is 10.2. The molecule has 0 unspecified atom stereocenters. The minimum Gasteiger partial charge on any atom is -0.495 e. The molecular weight excluding hydrogens is 1120 g/mol. The van der Waals surface area contributed by atoms with Gasteiger partial charge in [0.25, 0.3) is 0 Å². The van der Waals surface area contributed by atoms with Gasteiger partial charge < -0.3 is 69.6 Å². The Morgan fingerprint density at radius 1 is 0.988 bits per heavy atom. The van der Waals surface area contributed by atoms with Crippen molar-refractivity contribution in [2.75, 3.05) is 78.1 Å². The van der Waals surface area contributed by atoms with Gasteiger partial charge in [0.2, 0.25) is 11.8 Å². The summed E-state index contributed by atoms with van der Waals surface area (Å²) in [5.74, 6) is -2.65. The summed E-state index contributed by atoms with van der Waals surface area (Å²) in [4.78, 5) is 94.3. The molecular formula is C59H83ClN6O16S. The number of esters is 1. The molecule has 3 heterocycles. The second-order valence-electron chi connectivity index (χ2n) is 21.9. The second-order valence-corrected chi connectivity index (χ2v) is 22.8. The number of aliphatic hydroxyl groups is 1. The van der Waals surface area contributed by atoms with Crippen LogP contribution in [0.25, 0.3) is 0 Å². The summed E-state index contributed by atoms with van der Waals surface area (Å²) < 4.78 is 46.4. The molecule has 2 fully saturated rings.